The molecule has 5 nitrogen and oxygen atoms in total. The van der Waals surface area contributed by atoms with Gasteiger partial charge in [-0.1, -0.05) is 0 Å². The van der Waals surface area contributed by atoms with Gasteiger partial charge in [-0.05, 0) is 47.0 Å². The number of carboxylic acids is 1. The predicted molar refractivity (Wildman–Crippen MR) is 73.2 cm³/mol. The molecule has 0 aliphatic carbocycles. The van der Waals surface area contributed by atoms with Crippen molar-refractivity contribution >= 4 is 31.9 Å². The Labute approximate surface area is 124 Å². The van der Waals surface area contributed by atoms with E-state index in [1.54, 1.807) is 0 Å². The molecular formula is C12H13BrFNO4S. The fraction of sp³-hybridized carbons (Fsp3) is 0.417. The lowest BCUT2D eigenvalue weighted by Gasteiger charge is -2.30. The third kappa shape index (κ3) is 3.02. The molecule has 1 aromatic rings. The molecule has 0 saturated carbocycles. The molecule has 0 amide bonds. The Balaban J connectivity index is 2.35. The zero-order valence-corrected chi connectivity index (χ0v) is 12.8. The van der Waals surface area contributed by atoms with Crippen LogP contribution < -0.4 is 0 Å². The van der Waals surface area contributed by atoms with E-state index in [1.807, 2.05) is 0 Å². The Morgan fingerprint density at radius 1 is 1.45 bits per heavy atom. The van der Waals surface area contributed by atoms with Crippen molar-refractivity contribution in [2.75, 3.05) is 13.1 Å². The van der Waals surface area contributed by atoms with E-state index in [-0.39, 0.29) is 22.5 Å². The van der Waals surface area contributed by atoms with E-state index in [2.05, 4.69) is 15.9 Å². The number of carbonyl (C=O) groups is 1. The molecule has 1 heterocycles. The highest BCUT2D eigenvalue weighted by molar-refractivity contribution is 9.10. The van der Waals surface area contributed by atoms with Gasteiger partial charge >= 0.3 is 5.97 Å². The van der Waals surface area contributed by atoms with E-state index in [9.17, 15) is 17.6 Å². The van der Waals surface area contributed by atoms with Crippen LogP contribution in [0.15, 0.2) is 27.6 Å². The summed E-state index contributed by atoms with van der Waals surface area (Å²) in [7, 11) is -3.90. The molecule has 0 spiro atoms. The normalized spacial score (nSPS) is 20.8. The van der Waals surface area contributed by atoms with Gasteiger partial charge in [-0.15, -0.1) is 0 Å². The van der Waals surface area contributed by atoms with E-state index in [0.717, 1.165) is 16.4 Å². The second-order valence-corrected chi connectivity index (χ2v) is 7.38. The molecule has 1 fully saturated rings. The zero-order chi connectivity index (χ0) is 14.9. The summed E-state index contributed by atoms with van der Waals surface area (Å²) in [5.41, 5.74) is 0. The molecule has 1 unspecified atom stereocenters. The van der Waals surface area contributed by atoms with E-state index in [1.165, 1.54) is 6.07 Å². The number of carboxylic acid groups (broad SMARTS) is 1. The molecule has 20 heavy (non-hydrogen) atoms. The molecule has 1 saturated heterocycles. The average Bonchev–Trinajstić information content (AvgIpc) is 2.41. The summed E-state index contributed by atoms with van der Waals surface area (Å²) < 4.78 is 39.5. The van der Waals surface area contributed by atoms with E-state index >= 15 is 0 Å². The van der Waals surface area contributed by atoms with Crippen LogP contribution in [0.2, 0.25) is 0 Å². The van der Waals surface area contributed by atoms with Crippen LogP contribution in [0.4, 0.5) is 4.39 Å². The number of hydrogen-bond acceptors (Lipinski definition) is 3. The highest BCUT2D eigenvalue weighted by atomic mass is 79.9. The van der Waals surface area contributed by atoms with Crippen molar-refractivity contribution in [3.05, 3.63) is 28.5 Å². The third-order valence-corrected chi connectivity index (χ3v) is 6.10. The fourth-order valence-electron chi connectivity index (χ4n) is 2.18. The molecule has 110 valence electrons. The molecule has 0 radical (unpaired) electrons. The second-order valence-electron chi connectivity index (χ2n) is 4.62. The molecular weight excluding hydrogens is 353 g/mol. The Morgan fingerprint density at radius 2 is 2.15 bits per heavy atom. The first-order chi connectivity index (χ1) is 9.32. The fourth-order valence-corrected chi connectivity index (χ4v) is 4.64. The molecule has 1 atom stereocenters. The Morgan fingerprint density at radius 3 is 2.80 bits per heavy atom. The van der Waals surface area contributed by atoms with Gasteiger partial charge in [0, 0.05) is 17.6 Å². The molecule has 1 aliphatic heterocycles. The number of rotatable bonds is 3. The number of benzene rings is 1. The summed E-state index contributed by atoms with van der Waals surface area (Å²) in [5.74, 6) is -2.38. The minimum Gasteiger partial charge on any atom is -0.481 e. The first-order valence-corrected chi connectivity index (χ1v) is 8.23. The Hall–Kier alpha value is -0.990. The molecule has 1 N–H and O–H groups in total. The smallest absolute Gasteiger partial charge is 0.307 e. The largest absolute Gasteiger partial charge is 0.481 e. The van der Waals surface area contributed by atoms with Crippen LogP contribution in [0.5, 0.6) is 0 Å². The van der Waals surface area contributed by atoms with Gasteiger partial charge in [0.05, 0.1) is 10.8 Å². The van der Waals surface area contributed by atoms with Gasteiger partial charge in [0.25, 0.3) is 0 Å². The van der Waals surface area contributed by atoms with Gasteiger partial charge in [-0.25, -0.2) is 12.8 Å². The maximum absolute atomic E-state index is 13.3. The lowest BCUT2D eigenvalue weighted by Crippen LogP contribution is -2.42. The monoisotopic (exact) mass is 365 g/mol. The van der Waals surface area contributed by atoms with Crippen molar-refractivity contribution in [3.8, 4) is 0 Å². The third-order valence-electron chi connectivity index (χ3n) is 3.24. The van der Waals surface area contributed by atoms with Gasteiger partial charge < -0.3 is 5.11 Å². The van der Waals surface area contributed by atoms with Crippen molar-refractivity contribution in [1.82, 2.24) is 4.31 Å². The lowest BCUT2D eigenvalue weighted by molar-refractivity contribution is -0.142. The van der Waals surface area contributed by atoms with Crippen molar-refractivity contribution in [3.63, 3.8) is 0 Å². The maximum Gasteiger partial charge on any atom is 0.307 e. The summed E-state index contributed by atoms with van der Waals surface area (Å²) in [4.78, 5) is 10.8. The summed E-state index contributed by atoms with van der Waals surface area (Å²) in [6.07, 6.45) is 0.925. The van der Waals surface area contributed by atoms with Crippen LogP contribution in [-0.4, -0.2) is 36.9 Å². The lowest BCUT2D eigenvalue weighted by atomic mass is 10.0. The van der Waals surface area contributed by atoms with Gasteiger partial charge in [0.15, 0.2) is 0 Å². The van der Waals surface area contributed by atoms with Crippen LogP contribution in [-0.2, 0) is 14.8 Å². The molecule has 0 aromatic heterocycles. The second kappa shape index (κ2) is 5.79. The molecule has 2 rings (SSSR count). The van der Waals surface area contributed by atoms with Crippen molar-refractivity contribution < 1.29 is 22.7 Å². The Kier molecular flexibility index (Phi) is 4.46. The molecule has 0 bridgehead atoms. The molecule has 8 heteroatoms. The molecule has 1 aliphatic rings. The van der Waals surface area contributed by atoms with Crippen molar-refractivity contribution in [1.29, 1.82) is 0 Å². The number of sulfonamides is 1. The standard InChI is InChI=1S/C12H13BrFNO4S/c13-10-4-3-9(14)6-11(10)20(18,19)15-5-1-2-8(7-15)12(16)17/h3-4,6,8H,1-2,5,7H2,(H,16,17). The Bertz CT molecular complexity index is 634. The van der Waals surface area contributed by atoms with Crippen LogP contribution >= 0.6 is 15.9 Å². The van der Waals surface area contributed by atoms with Crippen LogP contribution in [0.25, 0.3) is 0 Å². The summed E-state index contributed by atoms with van der Waals surface area (Å²) in [6, 6.07) is 3.41. The minimum atomic E-state index is -3.90. The van der Waals surface area contributed by atoms with Crippen LogP contribution in [0, 0.1) is 11.7 Å². The summed E-state index contributed by atoms with van der Waals surface area (Å²) >= 11 is 3.09. The van der Waals surface area contributed by atoms with E-state index < -0.39 is 27.7 Å². The maximum atomic E-state index is 13.3. The first kappa shape index (κ1) is 15.4. The topological polar surface area (TPSA) is 74.7 Å². The predicted octanol–water partition coefficient (Wildman–Crippen LogP) is 2.07. The highest BCUT2D eigenvalue weighted by Crippen LogP contribution is 2.29. The number of nitrogens with zero attached hydrogens (tertiary/aromatic N) is 1. The van der Waals surface area contributed by atoms with Gasteiger partial charge in [-0.2, -0.15) is 4.31 Å². The van der Waals surface area contributed by atoms with Crippen LogP contribution in [0.1, 0.15) is 12.8 Å². The molecule has 1 aromatic carbocycles. The zero-order valence-electron chi connectivity index (χ0n) is 10.4. The van der Waals surface area contributed by atoms with Gasteiger partial charge in [-0.3, -0.25) is 4.79 Å². The van der Waals surface area contributed by atoms with Crippen molar-refractivity contribution in [2.45, 2.75) is 17.7 Å². The SMILES string of the molecule is O=C(O)C1CCCN(S(=O)(=O)c2cc(F)ccc2Br)C1. The van der Waals surface area contributed by atoms with E-state index in [4.69, 9.17) is 5.11 Å². The van der Waals surface area contributed by atoms with Gasteiger partial charge in [0.1, 0.15) is 5.82 Å². The minimum absolute atomic E-state index is 0.0827. The number of aliphatic carboxylic acids is 1. The quantitative estimate of drug-likeness (QED) is 0.889. The van der Waals surface area contributed by atoms with Gasteiger partial charge in [0.2, 0.25) is 10.0 Å². The average molecular weight is 366 g/mol. The highest BCUT2D eigenvalue weighted by Gasteiger charge is 2.34. The van der Waals surface area contributed by atoms with Crippen molar-refractivity contribution in [2.24, 2.45) is 5.92 Å². The summed E-state index contributed by atoms with van der Waals surface area (Å²) in [6.45, 7) is 0.162. The number of piperidine rings is 1. The van der Waals surface area contributed by atoms with Crippen LogP contribution in [0.3, 0.4) is 0 Å². The number of halogens is 2. The van der Waals surface area contributed by atoms with E-state index in [0.29, 0.717) is 12.8 Å². The number of hydrogen-bond donors (Lipinski definition) is 1. The first-order valence-electron chi connectivity index (χ1n) is 6.00. The summed E-state index contributed by atoms with van der Waals surface area (Å²) in [5, 5.41) is 9.00.